The molecule has 0 aliphatic heterocycles. The van der Waals surface area contributed by atoms with Crippen molar-refractivity contribution in [2.45, 2.75) is 0 Å². The fourth-order valence-electron chi connectivity index (χ4n) is 7.32. The van der Waals surface area contributed by atoms with Gasteiger partial charge in [-0.2, -0.15) is 0 Å². The quantitative estimate of drug-likeness (QED) is 0.186. The van der Waals surface area contributed by atoms with Crippen molar-refractivity contribution in [2.75, 3.05) is 4.90 Å². The molecule has 2 nitrogen and oxygen atoms in total. The number of rotatable bonds is 5. The Balaban J connectivity index is 1.21. The number of benzene rings is 8. The molecule has 0 aliphatic rings. The SMILES string of the molecule is c1ccc(-c2ccc(N(c3ccc4sc5ccccc5c4c3)c3ccc4oc5c(-c6ccccc6)cc6ccccc6c5c4c3)cc2)cc1. The maximum Gasteiger partial charge on any atom is 0.143 e. The van der Waals surface area contributed by atoms with E-state index in [-0.39, 0.29) is 0 Å². The highest BCUT2D eigenvalue weighted by Crippen LogP contribution is 2.45. The molecule has 8 aromatic carbocycles. The minimum atomic E-state index is 0.881. The summed E-state index contributed by atoms with van der Waals surface area (Å²) >= 11 is 1.85. The zero-order valence-corrected chi connectivity index (χ0v) is 27.3. The zero-order valence-electron chi connectivity index (χ0n) is 26.5. The molecular weight excluding hydrogens is 615 g/mol. The number of anilines is 3. The van der Waals surface area contributed by atoms with Crippen molar-refractivity contribution in [3.05, 3.63) is 176 Å². The largest absolute Gasteiger partial charge is 0.455 e. The van der Waals surface area contributed by atoms with Crippen LogP contribution in [-0.4, -0.2) is 0 Å². The van der Waals surface area contributed by atoms with Crippen LogP contribution in [0.15, 0.2) is 180 Å². The average Bonchev–Trinajstić information content (AvgIpc) is 3.74. The minimum absolute atomic E-state index is 0.881. The van der Waals surface area contributed by atoms with Crippen LogP contribution < -0.4 is 4.90 Å². The van der Waals surface area contributed by atoms with Gasteiger partial charge in [-0.15, -0.1) is 11.3 Å². The van der Waals surface area contributed by atoms with Crippen molar-refractivity contribution in [2.24, 2.45) is 0 Å². The normalized spacial score (nSPS) is 11.7. The number of furan rings is 1. The summed E-state index contributed by atoms with van der Waals surface area (Å²) in [5, 5.41) is 7.21. The van der Waals surface area contributed by atoms with Crippen molar-refractivity contribution in [3.63, 3.8) is 0 Å². The molecule has 0 bridgehead atoms. The Labute approximate surface area is 287 Å². The predicted molar refractivity (Wildman–Crippen MR) is 210 cm³/mol. The van der Waals surface area contributed by atoms with Gasteiger partial charge in [0, 0.05) is 53.6 Å². The summed E-state index contributed by atoms with van der Waals surface area (Å²) in [5.74, 6) is 0. The monoisotopic (exact) mass is 643 g/mol. The molecule has 0 fully saturated rings. The van der Waals surface area contributed by atoms with Gasteiger partial charge in [0.05, 0.1) is 0 Å². The predicted octanol–water partition coefficient (Wildman–Crippen LogP) is 13.9. The third kappa shape index (κ3) is 4.62. The van der Waals surface area contributed by atoms with Crippen molar-refractivity contribution >= 4 is 81.3 Å². The van der Waals surface area contributed by atoms with Gasteiger partial charge in [0.25, 0.3) is 0 Å². The van der Waals surface area contributed by atoms with Crippen LogP contribution in [0.5, 0.6) is 0 Å². The summed E-state index contributed by atoms with van der Waals surface area (Å²) in [4.78, 5) is 2.38. The topological polar surface area (TPSA) is 16.4 Å². The molecule has 0 aliphatic carbocycles. The molecule has 10 rings (SSSR count). The Hall–Kier alpha value is -6.16. The lowest BCUT2D eigenvalue weighted by Gasteiger charge is -2.26. The number of thiophene rings is 1. The number of hydrogen-bond acceptors (Lipinski definition) is 3. The second kappa shape index (κ2) is 11.2. The van der Waals surface area contributed by atoms with Crippen molar-refractivity contribution in [1.82, 2.24) is 0 Å². The van der Waals surface area contributed by atoms with E-state index in [0.717, 1.165) is 50.1 Å². The van der Waals surface area contributed by atoms with Crippen LogP contribution >= 0.6 is 11.3 Å². The molecule has 10 aromatic rings. The molecule has 230 valence electrons. The summed E-state index contributed by atoms with van der Waals surface area (Å²) in [6, 6.07) is 63.2. The van der Waals surface area contributed by atoms with E-state index in [2.05, 4.69) is 181 Å². The van der Waals surface area contributed by atoms with Gasteiger partial charge < -0.3 is 9.32 Å². The summed E-state index contributed by atoms with van der Waals surface area (Å²) in [6.07, 6.45) is 0. The Bertz CT molecular complexity index is 2810. The summed E-state index contributed by atoms with van der Waals surface area (Å²) < 4.78 is 9.33. The Morgan fingerprint density at radius 3 is 1.80 bits per heavy atom. The lowest BCUT2D eigenvalue weighted by atomic mass is 9.96. The Kier molecular flexibility index (Phi) is 6.39. The molecule has 3 heteroatoms. The van der Waals surface area contributed by atoms with Gasteiger partial charge >= 0.3 is 0 Å². The van der Waals surface area contributed by atoms with Gasteiger partial charge in [-0.3, -0.25) is 0 Å². The van der Waals surface area contributed by atoms with Crippen LogP contribution in [0.25, 0.3) is 75.1 Å². The lowest BCUT2D eigenvalue weighted by Crippen LogP contribution is -2.09. The molecule has 0 radical (unpaired) electrons. The molecule has 0 saturated carbocycles. The van der Waals surface area contributed by atoms with E-state index < -0.39 is 0 Å². The molecule has 0 atom stereocenters. The fourth-order valence-corrected chi connectivity index (χ4v) is 8.41. The van der Waals surface area contributed by atoms with E-state index in [9.17, 15) is 0 Å². The first-order valence-electron chi connectivity index (χ1n) is 16.6. The smallest absolute Gasteiger partial charge is 0.143 e. The van der Waals surface area contributed by atoms with Crippen LogP contribution in [-0.2, 0) is 0 Å². The molecule has 2 aromatic heterocycles. The number of nitrogens with zero attached hydrogens (tertiary/aromatic N) is 1. The molecule has 0 amide bonds. The first-order chi connectivity index (χ1) is 24.3. The minimum Gasteiger partial charge on any atom is -0.455 e. The maximum absolute atomic E-state index is 6.74. The second-order valence-corrected chi connectivity index (χ2v) is 13.6. The molecule has 49 heavy (non-hydrogen) atoms. The molecule has 0 unspecified atom stereocenters. The van der Waals surface area contributed by atoms with Crippen molar-refractivity contribution in [1.29, 1.82) is 0 Å². The first kappa shape index (κ1) is 27.9. The van der Waals surface area contributed by atoms with Gasteiger partial charge in [-0.05, 0) is 88.1 Å². The van der Waals surface area contributed by atoms with Crippen molar-refractivity contribution < 1.29 is 4.42 Å². The highest BCUT2D eigenvalue weighted by Gasteiger charge is 2.20. The molecule has 2 heterocycles. The summed E-state index contributed by atoms with van der Waals surface area (Å²) in [6.45, 7) is 0. The van der Waals surface area contributed by atoms with Crippen LogP contribution in [0.1, 0.15) is 0 Å². The maximum atomic E-state index is 6.74. The highest BCUT2D eigenvalue weighted by atomic mass is 32.1. The standard InChI is InChI=1S/C46H29NOS/c1-3-11-30(12-4-1)31-19-21-34(22-20-31)47(36-24-26-44-40(28-36)38-17-9-10-18-43(38)49-44)35-23-25-42-41(29-35)45-37-16-8-7-15-33(37)27-39(46(45)48-42)32-13-5-2-6-14-32/h1-29H. The lowest BCUT2D eigenvalue weighted by molar-refractivity contribution is 0.670. The average molecular weight is 644 g/mol. The fraction of sp³-hybridized carbons (Fsp3) is 0. The Morgan fingerprint density at radius 2 is 1.00 bits per heavy atom. The number of hydrogen-bond donors (Lipinski definition) is 0. The summed E-state index contributed by atoms with van der Waals surface area (Å²) in [5.41, 5.74) is 9.75. The molecule has 0 saturated heterocycles. The zero-order chi connectivity index (χ0) is 32.3. The van der Waals surface area contributed by atoms with E-state index in [4.69, 9.17) is 4.42 Å². The van der Waals surface area contributed by atoms with Crippen LogP contribution in [0.2, 0.25) is 0 Å². The van der Waals surface area contributed by atoms with E-state index in [0.29, 0.717) is 0 Å². The van der Waals surface area contributed by atoms with E-state index in [1.54, 1.807) is 0 Å². The third-order valence-corrected chi connectivity index (χ3v) is 10.8. The molecule has 0 spiro atoms. The summed E-state index contributed by atoms with van der Waals surface area (Å²) in [7, 11) is 0. The van der Waals surface area contributed by atoms with Gasteiger partial charge in [0.2, 0.25) is 0 Å². The molecule has 0 N–H and O–H groups in total. The van der Waals surface area contributed by atoms with Gasteiger partial charge in [-0.1, -0.05) is 115 Å². The van der Waals surface area contributed by atoms with Gasteiger partial charge in [0.15, 0.2) is 0 Å². The van der Waals surface area contributed by atoms with E-state index in [1.165, 1.54) is 42.1 Å². The van der Waals surface area contributed by atoms with Crippen LogP contribution in [0.4, 0.5) is 17.1 Å². The van der Waals surface area contributed by atoms with Gasteiger partial charge in [0.1, 0.15) is 11.2 Å². The van der Waals surface area contributed by atoms with E-state index >= 15 is 0 Å². The Morgan fingerprint density at radius 1 is 0.408 bits per heavy atom. The first-order valence-corrected chi connectivity index (χ1v) is 17.4. The third-order valence-electron chi connectivity index (χ3n) is 9.64. The van der Waals surface area contributed by atoms with Crippen LogP contribution in [0, 0.1) is 0 Å². The number of fused-ring (bicyclic) bond motifs is 8. The highest BCUT2D eigenvalue weighted by molar-refractivity contribution is 7.25. The van der Waals surface area contributed by atoms with Crippen molar-refractivity contribution in [3.8, 4) is 22.3 Å². The molecular formula is C46H29NOS. The van der Waals surface area contributed by atoms with E-state index in [1.807, 2.05) is 11.3 Å². The second-order valence-electron chi connectivity index (χ2n) is 12.5. The van der Waals surface area contributed by atoms with Crippen LogP contribution in [0.3, 0.4) is 0 Å². The van der Waals surface area contributed by atoms with Gasteiger partial charge in [-0.25, -0.2) is 0 Å².